The minimum atomic E-state index is -3.83. The molecule has 1 atom stereocenters. The molecule has 0 saturated heterocycles. The Labute approximate surface area is 174 Å². The van der Waals surface area contributed by atoms with Crippen LogP contribution in [0.4, 0.5) is 15.8 Å². The number of hydrogen-bond donors (Lipinski definition) is 1. The summed E-state index contributed by atoms with van der Waals surface area (Å²) in [5.41, 5.74) is 0.746. The lowest BCUT2D eigenvalue weighted by Gasteiger charge is -2.30. The SMILES string of the molecule is CCSc1ccccc1NC(=O)C(CC)N(c1ccc(F)c(Cl)c1)S(C)(=O)=O. The highest BCUT2D eigenvalue weighted by Gasteiger charge is 2.32. The predicted molar refractivity (Wildman–Crippen MR) is 114 cm³/mol. The smallest absolute Gasteiger partial charge is 0.248 e. The van der Waals surface area contributed by atoms with Crippen molar-refractivity contribution in [2.75, 3.05) is 21.6 Å². The van der Waals surface area contributed by atoms with Gasteiger partial charge >= 0.3 is 0 Å². The monoisotopic (exact) mass is 444 g/mol. The molecular weight excluding hydrogens is 423 g/mol. The van der Waals surface area contributed by atoms with Gasteiger partial charge in [-0.25, -0.2) is 12.8 Å². The van der Waals surface area contributed by atoms with Crippen molar-refractivity contribution in [2.45, 2.75) is 31.2 Å². The van der Waals surface area contributed by atoms with Crippen LogP contribution in [-0.2, 0) is 14.8 Å². The Kier molecular flexibility index (Phi) is 7.74. The molecule has 2 rings (SSSR count). The summed E-state index contributed by atoms with van der Waals surface area (Å²) in [6.07, 6.45) is 1.22. The van der Waals surface area contributed by atoms with Crippen LogP contribution in [0, 0.1) is 5.82 Å². The van der Waals surface area contributed by atoms with E-state index >= 15 is 0 Å². The first-order chi connectivity index (χ1) is 13.2. The van der Waals surface area contributed by atoms with Crippen molar-refractivity contribution in [3.05, 3.63) is 53.3 Å². The zero-order valence-corrected chi connectivity index (χ0v) is 18.2. The number of rotatable bonds is 8. The maximum absolute atomic E-state index is 13.5. The van der Waals surface area contributed by atoms with Gasteiger partial charge < -0.3 is 5.32 Å². The van der Waals surface area contributed by atoms with Crippen molar-refractivity contribution in [3.63, 3.8) is 0 Å². The molecular formula is C19H22ClFN2O3S2. The van der Waals surface area contributed by atoms with E-state index in [1.54, 1.807) is 30.8 Å². The number of hydrogen-bond acceptors (Lipinski definition) is 4. The highest BCUT2D eigenvalue weighted by molar-refractivity contribution is 7.99. The predicted octanol–water partition coefficient (Wildman–Crippen LogP) is 4.77. The van der Waals surface area contributed by atoms with Crippen LogP contribution in [0.3, 0.4) is 0 Å². The number of nitrogens with one attached hydrogen (secondary N) is 1. The van der Waals surface area contributed by atoms with E-state index in [2.05, 4.69) is 5.32 Å². The molecule has 1 N–H and O–H groups in total. The first-order valence-electron chi connectivity index (χ1n) is 8.66. The Morgan fingerprint density at radius 1 is 1.25 bits per heavy atom. The highest BCUT2D eigenvalue weighted by Crippen LogP contribution is 2.30. The van der Waals surface area contributed by atoms with Crippen molar-refractivity contribution >= 4 is 50.7 Å². The van der Waals surface area contributed by atoms with Gasteiger partial charge in [0.1, 0.15) is 11.9 Å². The third-order valence-corrected chi connectivity index (χ3v) is 6.36. The van der Waals surface area contributed by atoms with Crippen molar-refractivity contribution in [1.29, 1.82) is 0 Å². The van der Waals surface area contributed by atoms with Crippen LogP contribution in [-0.4, -0.2) is 32.4 Å². The van der Waals surface area contributed by atoms with Crippen LogP contribution in [0.5, 0.6) is 0 Å². The molecule has 2 aromatic rings. The number of benzene rings is 2. The first-order valence-corrected chi connectivity index (χ1v) is 11.9. The van der Waals surface area contributed by atoms with Gasteiger partial charge in [-0.1, -0.05) is 37.6 Å². The molecule has 0 radical (unpaired) electrons. The van der Waals surface area contributed by atoms with Crippen LogP contribution < -0.4 is 9.62 Å². The second-order valence-corrected chi connectivity index (χ2v) is 9.57. The molecule has 9 heteroatoms. The number of thioether (sulfide) groups is 1. The van der Waals surface area contributed by atoms with Gasteiger partial charge in [0.15, 0.2) is 0 Å². The normalized spacial score (nSPS) is 12.5. The first kappa shape index (κ1) is 22.5. The second kappa shape index (κ2) is 9.62. The average Bonchev–Trinajstić information content (AvgIpc) is 2.62. The standard InChI is InChI=1S/C19H22ClFN2O3S2/c1-4-17(19(24)22-16-8-6-7-9-18(16)27-5-2)23(28(3,25)26)13-10-11-15(21)14(20)12-13/h6-12,17H,4-5H2,1-3H3,(H,22,24). The topological polar surface area (TPSA) is 66.5 Å². The number of halogens is 2. The summed E-state index contributed by atoms with van der Waals surface area (Å²) in [5, 5.41) is 2.61. The zero-order valence-electron chi connectivity index (χ0n) is 15.8. The van der Waals surface area contributed by atoms with Gasteiger partial charge in [-0.2, -0.15) is 0 Å². The van der Waals surface area contributed by atoms with E-state index in [1.807, 2.05) is 19.1 Å². The fourth-order valence-corrected chi connectivity index (χ4v) is 4.89. The Morgan fingerprint density at radius 3 is 2.50 bits per heavy atom. The molecule has 0 aliphatic rings. The number of anilines is 2. The maximum Gasteiger partial charge on any atom is 0.248 e. The van der Waals surface area contributed by atoms with Crippen molar-refractivity contribution in [2.24, 2.45) is 0 Å². The molecule has 152 valence electrons. The minimum absolute atomic E-state index is 0.132. The Morgan fingerprint density at radius 2 is 1.93 bits per heavy atom. The van der Waals surface area contributed by atoms with Crippen LogP contribution in [0.15, 0.2) is 47.4 Å². The van der Waals surface area contributed by atoms with Gasteiger partial charge in [0, 0.05) is 4.90 Å². The molecule has 0 heterocycles. The molecule has 1 amide bonds. The molecule has 0 aliphatic carbocycles. The summed E-state index contributed by atoms with van der Waals surface area (Å²) in [7, 11) is -3.83. The van der Waals surface area contributed by atoms with Gasteiger partial charge in [0.05, 0.1) is 22.7 Å². The van der Waals surface area contributed by atoms with Gasteiger partial charge in [-0.05, 0) is 42.5 Å². The van der Waals surface area contributed by atoms with Gasteiger partial charge in [-0.3, -0.25) is 9.10 Å². The molecule has 0 fully saturated rings. The molecule has 0 aliphatic heterocycles. The summed E-state index contributed by atoms with van der Waals surface area (Å²) in [5.74, 6) is -0.312. The number of carbonyl (C=O) groups is 1. The van der Waals surface area contributed by atoms with Gasteiger partial charge in [0.25, 0.3) is 0 Å². The van der Waals surface area contributed by atoms with E-state index in [1.165, 1.54) is 12.1 Å². The fraction of sp³-hybridized carbons (Fsp3) is 0.316. The van der Waals surface area contributed by atoms with E-state index in [9.17, 15) is 17.6 Å². The number of amides is 1. The van der Waals surface area contributed by atoms with Crippen molar-refractivity contribution in [1.82, 2.24) is 0 Å². The lowest BCUT2D eigenvalue weighted by molar-refractivity contribution is -0.117. The molecule has 0 saturated carbocycles. The molecule has 2 aromatic carbocycles. The summed E-state index contributed by atoms with van der Waals surface area (Å²) >= 11 is 7.39. The lowest BCUT2D eigenvalue weighted by atomic mass is 10.1. The lowest BCUT2D eigenvalue weighted by Crippen LogP contribution is -2.47. The van der Waals surface area contributed by atoms with Crippen molar-refractivity contribution in [3.8, 4) is 0 Å². The van der Waals surface area contributed by atoms with Crippen molar-refractivity contribution < 1.29 is 17.6 Å². The minimum Gasteiger partial charge on any atom is -0.323 e. The number of para-hydroxylation sites is 1. The largest absolute Gasteiger partial charge is 0.323 e. The Hall–Kier alpha value is -1.77. The third kappa shape index (κ3) is 5.40. The fourth-order valence-electron chi connectivity index (χ4n) is 2.75. The van der Waals surface area contributed by atoms with E-state index in [0.29, 0.717) is 5.69 Å². The second-order valence-electron chi connectivity index (χ2n) is 6.00. The Bertz CT molecular complexity index is 954. The number of nitrogens with zero attached hydrogens (tertiary/aromatic N) is 1. The van der Waals surface area contributed by atoms with Crippen LogP contribution in [0.25, 0.3) is 0 Å². The molecule has 1 unspecified atom stereocenters. The van der Waals surface area contributed by atoms with Crippen LogP contribution >= 0.6 is 23.4 Å². The summed E-state index contributed by atoms with van der Waals surface area (Å²) in [6.45, 7) is 3.71. The zero-order chi connectivity index (χ0) is 20.9. The summed E-state index contributed by atoms with van der Waals surface area (Å²) in [4.78, 5) is 13.9. The van der Waals surface area contributed by atoms with Gasteiger partial charge in [0.2, 0.25) is 15.9 Å². The third-order valence-electron chi connectivity index (χ3n) is 3.93. The molecule has 0 aromatic heterocycles. The maximum atomic E-state index is 13.5. The van der Waals surface area contributed by atoms with E-state index in [4.69, 9.17) is 11.6 Å². The summed E-state index contributed by atoms with van der Waals surface area (Å²) in [6, 6.07) is 9.87. The number of sulfonamides is 1. The van der Waals surface area contributed by atoms with Crippen LogP contribution in [0.2, 0.25) is 5.02 Å². The quantitative estimate of drug-likeness (QED) is 0.595. The molecule has 0 spiro atoms. The molecule has 28 heavy (non-hydrogen) atoms. The van der Waals surface area contributed by atoms with E-state index < -0.39 is 27.8 Å². The Balaban J connectivity index is 2.41. The van der Waals surface area contributed by atoms with E-state index in [0.717, 1.165) is 27.3 Å². The molecule has 0 bridgehead atoms. The van der Waals surface area contributed by atoms with Gasteiger partial charge in [-0.15, -0.1) is 11.8 Å². The van der Waals surface area contributed by atoms with Crippen LogP contribution in [0.1, 0.15) is 20.3 Å². The number of carbonyl (C=O) groups excluding carboxylic acids is 1. The average molecular weight is 445 g/mol. The highest BCUT2D eigenvalue weighted by atomic mass is 35.5. The summed E-state index contributed by atoms with van der Waals surface area (Å²) < 4.78 is 39.4. The molecule has 5 nitrogen and oxygen atoms in total. The van der Waals surface area contributed by atoms with E-state index in [-0.39, 0.29) is 17.1 Å².